The molecule has 0 saturated carbocycles. The smallest absolute Gasteiger partial charge is 0.253 e. The van der Waals surface area contributed by atoms with Crippen LogP contribution >= 0.6 is 0 Å². The van der Waals surface area contributed by atoms with E-state index in [1.165, 1.54) is 4.90 Å². The van der Waals surface area contributed by atoms with Crippen LogP contribution in [-0.2, 0) is 25.7 Å². The highest BCUT2D eigenvalue weighted by Gasteiger charge is 2.75. The van der Waals surface area contributed by atoms with Gasteiger partial charge in [0.2, 0.25) is 11.8 Å². The summed E-state index contributed by atoms with van der Waals surface area (Å²) in [6.07, 6.45) is 7.48. The molecule has 0 radical (unpaired) electrons. The summed E-state index contributed by atoms with van der Waals surface area (Å²) in [5.74, 6) is -2.18. The maximum atomic E-state index is 14.9. The van der Waals surface area contributed by atoms with Gasteiger partial charge in [-0.2, -0.15) is 0 Å². The van der Waals surface area contributed by atoms with Crippen molar-refractivity contribution in [1.82, 2.24) is 9.80 Å². The van der Waals surface area contributed by atoms with Gasteiger partial charge in [-0.25, -0.2) is 0 Å². The maximum absolute atomic E-state index is 14.9. The zero-order chi connectivity index (χ0) is 32.1. The molecule has 4 heterocycles. The molecular weight excluding hydrogens is 582 g/mol. The predicted molar refractivity (Wildman–Crippen MR) is 172 cm³/mol. The number of nitrogens with zero attached hydrogens (tertiary/aromatic N) is 3. The molecule has 0 bridgehead atoms. The third kappa shape index (κ3) is 4.65. The minimum Gasteiger partial charge on any atom is -0.497 e. The molecular formula is C37H37N3O6. The lowest BCUT2D eigenvalue weighted by Gasteiger charge is -2.40. The minimum absolute atomic E-state index is 0.204. The Morgan fingerprint density at radius 1 is 0.848 bits per heavy atom. The van der Waals surface area contributed by atoms with E-state index in [1.54, 1.807) is 41.2 Å². The summed E-state index contributed by atoms with van der Waals surface area (Å²) in [6.45, 7) is 2.41. The molecule has 3 aromatic rings. The Morgan fingerprint density at radius 2 is 1.52 bits per heavy atom. The topological polar surface area (TPSA) is 99.6 Å². The number of hydrogen-bond donors (Lipinski definition) is 1. The van der Waals surface area contributed by atoms with Gasteiger partial charge in [0, 0.05) is 25.3 Å². The number of benzene rings is 3. The van der Waals surface area contributed by atoms with Crippen molar-refractivity contribution in [3.05, 3.63) is 120 Å². The first-order valence-corrected chi connectivity index (χ1v) is 15.6. The number of aliphatic hydroxyl groups is 1. The summed E-state index contributed by atoms with van der Waals surface area (Å²) in [4.78, 5) is 49.3. The number of likely N-dealkylation sites (tertiary alicyclic amines) is 1. The third-order valence-electron chi connectivity index (χ3n) is 9.87. The quantitative estimate of drug-likeness (QED) is 0.403. The molecule has 9 nitrogen and oxygen atoms in total. The number of amides is 3. The van der Waals surface area contributed by atoms with E-state index in [9.17, 15) is 19.5 Å². The number of anilines is 1. The van der Waals surface area contributed by atoms with Gasteiger partial charge < -0.3 is 29.3 Å². The van der Waals surface area contributed by atoms with Gasteiger partial charge >= 0.3 is 0 Å². The van der Waals surface area contributed by atoms with Crippen molar-refractivity contribution >= 4 is 23.4 Å². The van der Waals surface area contributed by atoms with E-state index in [1.807, 2.05) is 91.9 Å². The third-order valence-corrected chi connectivity index (χ3v) is 9.87. The Kier molecular flexibility index (Phi) is 7.53. The van der Waals surface area contributed by atoms with Crippen LogP contribution < -0.4 is 9.64 Å². The van der Waals surface area contributed by atoms with E-state index in [0.717, 1.165) is 5.56 Å². The van der Waals surface area contributed by atoms with Crippen LogP contribution in [0.3, 0.4) is 0 Å². The Labute approximate surface area is 268 Å². The van der Waals surface area contributed by atoms with Crippen molar-refractivity contribution in [3.8, 4) is 5.75 Å². The molecule has 2 fully saturated rings. The van der Waals surface area contributed by atoms with Crippen LogP contribution in [0, 0.1) is 11.8 Å². The first kappa shape index (κ1) is 30.0. The monoisotopic (exact) mass is 619 g/mol. The lowest BCUT2D eigenvalue weighted by atomic mass is 9.74. The minimum atomic E-state index is -1.45. The summed E-state index contributed by atoms with van der Waals surface area (Å²) in [5.41, 5.74) is -0.303. The molecule has 3 aromatic carbocycles. The van der Waals surface area contributed by atoms with E-state index in [-0.39, 0.29) is 24.3 Å². The Bertz CT molecular complexity index is 1690. The van der Waals surface area contributed by atoms with Gasteiger partial charge in [-0.15, -0.1) is 0 Å². The van der Waals surface area contributed by atoms with Crippen LogP contribution in [0.1, 0.15) is 24.1 Å². The van der Waals surface area contributed by atoms with Crippen molar-refractivity contribution in [2.45, 2.75) is 36.8 Å². The van der Waals surface area contributed by atoms with E-state index < -0.39 is 41.7 Å². The van der Waals surface area contributed by atoms with Gasteiger partial charge in [-0.3, -0.25) is 14.4 Å². The SMILES string of the molecule is COc1ccc(N2CC=C[C@]34O[C@@]5(C)C=CCN(Cc6ccccc6)C(=O)[C@H]5[C@H]3C(=O)N([C@H](CO)c3ccccc3)C4C2=O)cc1. The largest absolute Gasteiger partial charge is 0.497 e. The lowest BCUT2D eigenvalue weighted by molar-refractivity contribution is -0.151. The molecule has 9 heteroatoms. The number of carbonyl (C=O) groups excluding carboxylic acids is 3. The predicted octanol–water partition coefficient (Wildman–Crippen LogP) is 3.90. The molecule has 4 aliphatic rings. The molecule has 7 rings (SSSR count). The zero-order valence-corrected chi connectivity index (χ0v) is 25.9. The second-order valence-corrected chi connectivity index (χ2v) is 12.5. The average molecular weight is 620 g/mol. The zero-order valence-electron chi connectivity index (χ0n) is 25.9. The fourth-order valence-corrected chi connectivity index (χ4v) is 7.82. The van der Waals surface area contributed by atoms with E-state index >= 15 is 0 Å². The van der Waals surface area contributed by atoms with Crippen molar-refractivity contribution in [2.75, 3.05) is 31.7 Å². The summed E-state index contributed by atoms with van der Waals surface area (Å²) < 4.78 is 12.3. The number of fused-ring (bicyclic) bond motifs is 2. The number of hydrogen-bond acceptors (Lipinski definition) is 6. The molecule has 1 spiro atoms. The summed E-state index contributed by atoms with van der Waals surface area (Å²) in [5, 5.41) is 10.8. The molecule has 6 atom stereocenters. The van der Waals surface area contributed by atoms with Crippen LogP contribution in [0.2, 0.25) is 0 Å². The number of aliphatic hydroxyl groups excluding tert-OH is 1. The van der Waals surface area contributed by atoms with Gasteiger partial charge in [0.05, 0.1) is 37.2 Å². The fraction of sp³-hybridized carbons (Fsp3) is 0.324. The molecule has 236 valence electrons. The highest BCUT2D eigenvalue weighted by Crippen LogP contribution is 2.59. The first-order valence-electron chi connectivity index (χ1n) is 15.6. The second kappa shape index (κ2) is 11.6. The summed E-state index contributed by atoms with van der Waals surface area (Å²) in [6, 6.07) is 24.1. The highest BCUT2D eigenvalue weighted by atomic mass is 16.5. The number of methoxy groups -OCH3 is 1. The summed E-state index contributed by atoms with van der Waals surface area (Å²) in [7, 11) is 1.58. The molecule has 3 amide bonds. The lowest BCUT2D eigenvalue weighted by Crippen LogP contribution is -2.57. The number of ether oxygens (including phenoxy) is 2. The van der Waals surface area contributed by atoms with E-state index in [0.29, 0.717) is 30.1 Å². The van der Waals surface area contributed by atoms with Crippen LogP contribution in [0.5, 0.6) is 5.75 Å². The van der Waals surface area contributed by atoms with E-state index in [4.69, 9.17) is 9.47 Å². The number of carbonyl (C=O) groups is 3. The van der Waals surface area contributed by atoms with Gasteiger partial charge in [-0.05, 0) is 42.3 Å². The van der Waals surface area contributed by atoms with Crippen LogP contribution in [0.15, 0.2) is 109 Å². The molecule has 1 N–H and O–H groups in total. The van der Waals surface area contributed by atoms with Crippen molar-refractivity contribution in [3.63, 3.8) is 0 Å². The normalized spacial score (nSPS) is 29.2. The standard InChI is InChI=1S/C37H37N3O6/c1-36-19-9-21-38(23-25-11-5-3-6-12-25)33(42)30(36)31-34(43)40(29(24-41)26-13-7-4-8-14-26)32-35(44)39(22-10-20-37(31,32)46-36)27-15-17-28(45-2)18-16-27/h3-20,29-32,41H,21-24H2,1-2H3/t29-,30-,31+,32?,36+,37+/m1/s1. The Morgan fingerprint density at radius 3 is 2.20 bits per heavy atom. The molecule has 1 unspecified atom stereocenters. The Balaban J connectivity index is 1.35. The van der Waals surface area contributed by atoms with Crippen molar-refractivity contribution in [1.29, 1.82) is 0 Å². The van der Waals surface area contributed by atoms with Crippen molar-refractivity contribution in [2.24, 2.45) is 11.8 Å². The fourth-order valence-electron chi connectivity index (χ4n) is 7.82. The van der Waals surface area contributed by atoms with Crippen LogP contribution in [0.4, 0.5) is 5.69 Å². The van der Waals surface area contributed by atoms with E-state index in [2.05, 4.69) is 0 Å². The molecule has 0 aliphatic carbocycles. The molecule has 0 aromatic heterocycles. The van der Waals surface area contributed by atoms with Gasteiger partial charge in [-0.1, -0.05) is 85.0 Å². The highest BCUT2D eigenvalue weighted by molar-refractivity contribution is 6.06. The molecule has 2 saturated heterocycles. The van der Waals surface area contributed by atoms with Gasteiger partial charge in [0.15, 0.2) is 0 Å². The first-order chi connectivity index (χ1) is 22.3. The average Bonchev–Trinajstić information content (AvgIpc) is 3.35. The van der Waals surface area contributed by atoms with Crippen LogP contribution in [0.25, 0.3) is 0 Å². The maximum Gasteiger partial charge on any atom is 0.253 e. The molecule has 4 aliphatic heterocycles. The number of rotatable bonds is 7. The summed E-state index contributed by atoms with van der Waals surface area (Å²) >= 11 is 0. The van der Waals surface area contributed by atoms with Gasteiger partial charge in [0.1, 0.15) is 17.4 Å². The van der Waals surface area contributed by atoms with Crippen LogP contribution in [-0.4, -0.2) is 76.7 Å². The van der Waals surface area contributed by atoms with Gasteiger partial charge in [0.25, 0.3) is 5.91 Å². The van der Waals surface area contributed by atoms with Crippen molar-refractivity contribution < 1.29 is 29.0 Å². The Hall–Kier alpha value is -4.73. The molecule has 46 heavy (non-hydrogen) atoms. The second-order valence-electron chi connectivity index (χ2n) is 12.5.